The number of hydrogen-bond donors (Lipinski definition) is 1. The van der Waals surface area contributed by atoms with Gasteiger partial charge in [0.05, 0.1) is 18.8 Å². The lowest BCUT2D eigenvalue weighted by molar-refractivity contribution is -0.193. The standard InChI is InChI=1S/C22H38O3/c1-20-11-9-19(25-4)21(20,2)10-8-18-17(20)6-5-15-13-16(23)7-12-22(15,18)14-24-3/h15-19,23H,5-14H2,1-4H3/t15-,16+,17+,18-,19-,20-,21+,22+/m0/s1. The number of methoxy groups -OCH3 is 2. The maximum Gasteiger partial charge on any atom is 0.0630 e. The van der Waals surface area contributed by atoms with E-state index < -0.39 is 0 Å². The van der Waals surface area contributed by atoms with E-state index in [1.807, 2.05) is 14.2 Å². The fraction of sp³-hybridized carbons (Fsp3) is 1.00. The molecule has 0 amide bonds. The monoisotopic (exact) mass is 350 g/mol. The molecule has 0 aromatic rings. The number of rotatable bonds is 3. The van der Waals surface area contributed by atoms with Gasteiger partial charge in [0.2, 0.25) is 0 Å². The van der Waals surface area contributed by atoms with Gasteiger partial charge in [-0.15, -0.1) is 0 Å². The normalized spacial score (nSPS) is 55.3. The molecule has 1 N–H and O–H groups in total. The third-order valence-electron chi connectivity index (χ3n) is 9.79. The van der Waals surface area contributed by atoms with E-state index in [1.54, 1.807) is 0 Å². The summed E-state index contributed by atoms with van der Waals surface area (Å²) in [7, 11) is 3.80. The Labute approximate surface area is 153 Å². The molecule has 3 heteroatoms. The van der Waals surface area contributed by atoms with Crippen LogP contribution in [0.4, 0.5) is 0 Å². The van der Waals surface area contributed by atoms with Crippen LogP contribution < -0.4 is 0 Å². The zero-order chi connectivity index (χ0) is 17.9. The van der Waals surface area contributed by atoms with Crippen molar-refractivity contribution in [3.63, 3.8) is 0 Å². The minimum Gasteiger partial charge on any atom is -0.393 e. The summed E-state index contributed by atoms with van der Waals surface area (Å²) >= 11 is 0. The van der Waals surface area contributed by atoms with Crippen molar-refractivity contribution in [2.24, 2.45) is 34.0 Å². The molecule has 4 aliphatic carbocycles. The zero-order valence-electron chi connectivity index (χ0n) is 16.7. The Morgan fingerprint density at radius 3 is 2.36 bits per heavy atom. The average Bonchev–Trinajstić information content (AvgIpc) is 2.86. The van der Waals surface area contributed by atoms with Gasteiger partial charge in [0, 0.05) is 14.2 Å². The van der Waals surface area contributed by atoms with Gasteiger partial charge in [-0.25, -0.2) is 0 Å². The van der Waals surface area contributed by atoms with Crippen molar-refractivity contribution in [3.8, 4) is 0 Å². The molecule has 0 aliphatic heterocycles. The van der Waals surface area contributed by atoms with Crippen molar-refractivity contribution in [1.29, 1.82) is 0 Å². The number of aliphatic hydroxyl groups is 1. The summed E-state index contributed by atoms with van der Waals surface area (Å²) in [5, 5.41) is 10.3. The van der Waals surface area contributed by atoms with Gasteiger partial charge in [-0.3, -0.25) is 0 Å². The molecule has 0 unspecified atom stereocenters. The van der Waals surface area contributed by atoms with E-state index in [0.29, 0.717) is 28.3 Å². The maximum absolute atomic E-state index is 10.3. The molecule has 144 valence electrons. The van der Waals surface area contributed by atoms with Crippen molar-refractivity contribution in [3.05, 3.63) is 0 Å². The van der Waals surface area contributed by atoms with Gasteiger partial charge < -0.3 is 14.6 Å². The number of fused-ring (bicyclic) bond motifs is 5. The summed E-state index contributed by atoms with van der Waals surface area (Å²) in [6.45, 7) is 6.00. The van der Waals surface area contributed by atoms with Crippen molar-refractivity contribution >= 4 is 0 Å². The molecule has 0 bridgehead atoms. The quantitative estimate of drug-likeness (QED) is 0.819. The predicted molar refractivity (Wildman–Crippen MR) is 99.3 cm³/mol. The molecule has 4 saturated carbocycles. The molecule has 0 saturated heterocycles. The summed E-state index contributed by atoms with van der Waals surface area (Å²) < 4.78 is 11.8. The van der Waals surface area contributed by atoms with Crippen LogP contribution in [0.2, 0.25) is 0 Å². The second kappa shape index (κ2) is 6.21. The SMILES string of the molecule is COC[C@]12CC[C@@H](O)C[C@@H]1CC[C@@H]1[C@@H]2CC[C@]2(C)[C@@H](OC)CC[C@@]12C. The van der Waals surface area contributed by atoms with Crippen LogP contribution in [-0.2, 0) is 9.47 Å². The highest BCUT2D eigenvalue weighted by atomic mass is 16.5. The van der Waals surface area contributed by atoms with Crippen LogP contribution in [0.25, 0.3) is 0 Å². The van der Waals surface area contributed by atoms with E-state index in [-0.39, 0.29) is 6.10 Å². The molecule has 0 aromatic heterocycles. The molecule has 0 aromatic carbocycles. The van der Waals surface area contributed by atoms with Crippen molar-refractivity contribution in [1.82, 2.24) is 0 Å². The maximum atomic E-state index is 10.3. The van der Waals surface area contributed by atoms with Gasteiger partial charge in [0.1, 0.15) is 0 Å². The third kappa shape index (κ3) is 2.34. The Balaban J connectivity index is 1.69. The van der Waals surface area contributed by atoms with Gasteiger partial charge in [-0.05, 0) is 91.8 Å². The Morgan fingerprint density at radius 1 is 0.880 bits per heavy atom. The summed E-state index contributed by atoms with van der Waals surface area (Å²) in [6, 6.07) is 0. The highest BCUT2D eigenvalue weighted by Crippen LogP contribution is 2.71. The lowest BCUT2D eigenvalue weighted by atomic mass is 9.41. The number of ether oxygens (including phenoxy) is 2. The third-order valence-corrected chi connectivity index (χ3v) is 9.79. The fourth-order valence-corrected chi connectivity index (χ4v) is 8.31. The lowest BCUT2D eigenvalue weighted by Crippen LogP contribution is -2.60. The van der Waals surface area contributed by atoms with Crippen LogP contribution in [0, 0.1) is 34.0 Å². The van der Waals surface area contributed by atoms with Gasteiger partial charge in [-0.2, -0.15) is 0 Å². The summed E-state index contributed by atoms with van der Waals surface area (Å²) in [4.78, 5) is 0. The van der Waals surface area contributed by atoms with Crippen molar-refractivity contribution < 1.29 is 14.6 Å². The topological polar surface area (TPSA) is 38.7 Å². The fourth-order valence-electron chi connectivity index (χ4n) is 8.31. The molecule has 0 heterocycles. The first kappa shape index (κ1) is 18.3. The second-order valence-electron chi connectivity index (χ2n) is 10.2. The van der Waals surface area contributed by atoms with Crippen LogP contribution in [0.15, 0.2) is 0 Å². The van der Waals surface area contributed by atoms with Crippen molar-refractivity contribution in [2.75, 3.05) is 20.8 Å². The average molecular weight is 351 g/mol. The lowest BCUT2D eigenvalue weighted by Gasteiger charge is -2.65. The van der Waals surface area contributed by atoms with E-state index in [4.69, 9.17) is 9.47 Å². The van der Waals surface area contributed by atoms with Crippen LogP contribution in [-0.4, -0.2) is 38.1 Å². The van der Waals surface area contributed by atoms with E-state index in [9.17, 15) is 5.11 Å². The molecule has 4 rings (SSSR count). The van der Waals surface area contributed by atoms with Gasteiger partial charge in [0.25, 0.3) is 0 Å². The Hall–Kier alpha value is -0.120. The molecular formula is C22H38O3. The van der Waals surface area contributed by atoms with E-state index in [2.05, 4.69) is 13.8 Å². The highest BCUT2D eigenvalue weighted by Gasteiger charge is 2.66. The molecule has 4 fully saturated rings. The second-order valence-corrected chi connectivity index (χ2v) is 10.2. The smallest absolute Gasteiger partial charge is 0.0630 e. The molecule has 3 nitrogen and oxygen atoms in total. The van der Waals surface area contributed by atoms with Gasteiger partial charge >= 0.3 is 0 Å². The minimum atomic E-state index is -0.0830. The Morgan fingerprint density at radius 2 is 1.64 bits per heavy atom. The van der Waals surface area contributed by atoms with Crippen LogP contribution in [0.5, 0.6) is 0 Å². The molecule has 4 aliphatic rings. The number of hydrogen-bond acceptors (Lipinski definition) is 3. The van der Waals surface area contributed by atoms with Crippen LogP contribution in [0.1, 0.15) is 71.6 Å². The van der Waals surface area contributed by atoms with Crippen molar-refractivity contribution in [2.45, 2.75) is 83.8 Å². The summed E-state index contributed by atoms with van der Waals surface area (Å²) in [6.07, 6.45) is 11.3. The predicted octanol–water partition coefficient (Wildman–Crippen LogP) is 4.42. The van der Waals surface area contributed by atoms with E-state index >= 15 is 0 Å². The largest absolute Gasteiger partial charge is 0.393 e. The molecular weight excluding hydrogens is 312 g/mol. The summed E-state index contributed by atoms with van der Waals surface area (Å²) in [5.74, 6) is 2.23. The Kier molecular flexibility index (Phi) is 4.53. The van der Waals surface area contributed by atoms with E-state index in [1.165, 1.54) is 38.5 Å². The highest BCUT2D eigenvalue weighted by molar-refractivity contribution is 5.15. The molecule has 25 heavy (non-hydrogen) atoms. The molecule has 8 atom stereocenters. The molecule has 0 radical (unpaired) electrons. The first-order valence-electron chi connectivity index (χ1n) is 10.6. The number of aliphatic hydroxyl groups excluding tert-OH is 1. The van der Waals surface area contributed by atoms with Gasteiger partial charge in [0.15, 0.2) is 0 Å². The minimum absolute atomic E-state index is 0.0830. The van der Waals surface area contributed by atoms with Crippen LogP contribution in [0.3, 0.4) is 0 Å². The first-order chi connectivity index (χ1) is 11.9. The summed E-state index contributed by atoms with van der Waals surface area (Å²) in [5.41, 5.74) is 1.04. The first-order valence-corrected chi connectivity index (χ1v) is 10.6. The molecule has 0 spiro atoms. The zero-order valence-corrected chi connectivity index (χ0v) is 16.7. The van der Waals surface area contributed by atoms with Gasteiger partial charge in [-0.1, -0.05) is 13.8 Å². The van der Waals surface area contributed by atoms with E-state index in [0.717, 1.165) is 37.7 Å². The van der Waals surface area contributed by atoms with Crippen LogP contribution >= 0.6 is 0 Å². The Bertz CT molecular complexity index is 508.